The zero-order valence-electron chi connectivity index (χ0n) is 11.1. The molecule has 4 nitrogen and oxygen atoms in total. The van der Waals surface area contributed by atoms with Crippen LogP contribution in [0.5, 0.6) is 5.75 Å². The molecule has 0 bridgehead atoms. The molecular formula is C14H14BrN3O. The van der Waals surface area contributed by atoms with Crippen molar-refractivity contribution in [2.24, 2.45) is 7.05 Å². The van der Waals surface area contributed by atoms with Crippen molar-refractivity contribution in [3.8, 4) is 23.1 Å². The molecule has 2 rings (SSSR count). The number of aryl methyl sites for hydroxylation is 2. The molecule has 0 saturated carbocycles. The Bertz CT molecular complexity index is 636. The van der Waals surface area contributed by atoms with Gasteiger partial charge in [-0.2, -0.15) is 10.4 Å². The van der Waals surface area contributed by atoms with Gasteiger partial charge >= 0.3 is 0 Å². The SMILES string of the molecule is CCc1cc(OC)cc(-c2c(Br)cnn2C)c1C#N. The molecular weight excluding hydrogens is 306 g/mol. The van der Waals surface area contributed by atoms with Gasteiger partial charge in [0, 0.05) is 12.6 Å². The molecule has 0 aliphatic rings. The zero-order valence-corrected chi connectivity index (χ0v) is 12.7. The first-order valence-corrected chi connectivity index (χ1v) is 6.70. The number of aromatic nitrogens is 2. The standard InChI is InChI=1S/C14H14BrN3O/c1-4-9-5-10(19-3)6-11(12(9)7-16)14-13(15)8-17-18(14)2/h5-6,8H,4H2,1-3H3. The van der Waals surface area contributed by atoms with Gasteiger partial charge in [0.15, 0.2) is 0 Å². The molecule has 0 amide bonds. The topological polar surface area (TPSA) is 50.8 Å². The van der Waals surface area contributed by atoms with E-state index < -0.39 is 0 Å². The summed E-state index contributed by atoms with van der Waals surface area (Å²) >= 11 is 3.48. The van der Waals surface area contributed by atoms with Crippen molar-refractivity contribution < 1.29 is 4.74 Å². The van der Waals surface area contributed by atoms with Crippen molar-refractivity contribution in [2.45, 2.75) is 13.3 Å². The summed E-state index contributed by atoms with van der Waals surface area (Å²) in [5.41, 5.74) is 3.37. The molecule has 1 heterocycles. The zero-order chi connectivity index (χ0) is 14.0. The number of ether oxygens (including phenoxy) is 1. The fourth-order valence-corrected chi connectivity index (χ4v) is 2.66. The highest BCUT2D eigenvalue weighted by Gasteiger charge is 2.17. The Labute approximate surface area is 120 Å². The Balaban J connectivity index is 2.79. The van der Waals surface area contributed by atoms with Crippen LogP contribution in [0.1, 0.15) is 18.1 Å². The second kappa shape index (κ2) is 5.45. The van der Waals surface area contributed by atoms with Crippen molar-refractivity contribution in [3.63, 3.8) is 0 Å². The normalized spacial score (nSPS) is 10.3. The first-order valence-electron chi connectivity index (χ1n) is 5.91. The van der Waals surface area contributed by atoms with E-state index in [4.69, 9.17) is 4.74 Å². The molecule has 0 atom stereocenters. The third-order valence-electron chi connectivity index (χ3n) is 3.07. The van der Waals surface area contributed by atoms with Crippen molar-refractivity contribution in [3.05, 3.63) is 33.9 Å². The molecule has 0 radical (unpaired) electrons. The number of nitriles is 1. The minimum atomic E-state index is 0.674. The van der Waals surface area contributed by atoms with Gasteiger partial charge in [0.1, 0.15) is 11.8 Å². The lowest BCUT2D eigenvalue weighted by molar-refractivity contribution is 0.414. The monoisotopic (exact) mass is 319 g/mol. The number of methoxy groups -OCH3 is 1. The molecule has 19 heavy (non-hydrogen) atoms. The Morgan fingerprint density at radius 2 is 2.21 bits per heavy atom. The van der Waals surface area contributed by atoms with E-state index in [1.54, 1.807) is 18.0 Å². The van der Waals surface area contributed by atoms with Crippen LogP contribution < -0.4 is 4.74 Å². The highest BCUT2D eigenvalue weighted by atomic mass is 79.9. The van der Waals surface area contributed by atoms with E-state index in [0.717, 1.165) is 33.5 Å². The van der Waals surface area contributed by atoms with Crippen molar-refractivity contribution in [1.82, 2.24) is 9.78 Å². The van der Waals surface area contributed by atoms with Gasteiger partial charge in [0.2, 0.25) is 0 Å². The molecule has 0 fully saturated rings. The Hall–Kier alpha value is -1.80. The first kappa shape index (κ1) is 13.6. The van der Waals surface area contributed by atoms with E-state index in [9.17, 15) is 5.26 Å². The quantitative estimate of drug-likeness (QED) is 0.872. The molecule has 1 aromatic carbocycles. The summed E-state index contributed by atoms with van der Waals surface area (Å²) in [5.74, 6) is 0.749. The van der Waals surface area contributed by atoms with Crippen molar-refractivity contribution >= 4 is 15.9 Å². The van der Waals surface area contributed by atoms with Gasteiger partial charge in [-0.1, -0.05) is 6.92 Å². The maximum atomic E-state index is 9.44. The number of hydrogen-bond acceptors (Lipinski definition) is 3. The molecule has 0 saturated heterocycles. The maximum absolute atomic E-state index is 9.44. The van der Waals surface area contributed by atoms with Gasteiger partial charge in [-0.3, -0.25) is 4.68 Å². The lowest BCUT2D eigenvalue weighted by Gasteiger charge is -2.12. The molecule has 98 valence electrons. The fraction of sp³-hybridized carbons (Fsp3) is 0.286. The van der Waals surface area contributed by atoms with E-state index in [1.165, 1.54) is 0 Å². The third-order valence-corrected chi connectivity index (χ3v) is 3.65. The van der Waals surface area contributed by atoms with Gasteiger partial charge in [-0.25, -0.2) is 0 Å². The van der Waals surface area contributed by atoms with Crippen LogP contribution in [0.3, 0.4) is 0 Å². The summed E-state index contributed by atoms with van der Waals surface area (Å²) in [6.45, 7) is 2.03. The molecule has 0 aliphatic carbocycles. The van der Waals surface area contributed by atoms with Gasteiger partial charge < -0.3 is 4.74 Å². The number of benzene rings is 1. The van der Waals surface area contributed by atoms with Crippen molar-refractivity contribution in [2.75, 3.05) is 7.11 Å². The summed E-state index contributed by atoms with van der Waals surface area (Å²) in [4.78, 5) is 0. The van der Waals surface area contributed by atoms with Crippen LogP contribution in [0.15, 0.2) is 22.8 Å². The highest BCUT2D eigenvalue weighted by molar-refractivity contribution is 9.10. The summed E-state index contributed by atoms with van der Waals surface area (Å²) in [6.07, 6.45) is 2.50. The molecule has 0 unspecified atom stereocenters. The smallest absolute Gasteiger partial charge is 0.119 e. The maximum Gasteiger partial charge on any atom is 0.119 e. The summed E-state index contributed by atoms with van der Waals surface area (Å²) < 4.78 is 7.93. The third kappa shape index (κ3) is 2.36. The van der Waals surface area contributed by atoms with Crippen LogP contribution >= 0.6 is 15.9 Å². The van der Waals surface area contributed by atoms with Crippen LogP contribution in [0.25, 0.3) is 11.3 Å². The summed E-state index contributed by atoms with van der Waals surface area (Å²) in [7, 11) is 3.48. The predicted octanol–water partition coefficient (Wildman–Crippen LogP) is 3.29. The lowest BCUT2D eigenvalue weighted by Crippen LogP contribution is -2.00. The Kier molecular flexibility index (Phi) is 3.91. The van der Waals surface area contributed by atoms with Gasteiger partial charge in [-0.05, 0) is 40.0 Å². The highest BCUT2D eigenvalue weighted by Crippen LogP contribution is 2.34. The Morgan fingerprint density at radius 3 is 2.68 bits per heavy atom. The molecule has 0 spiro atoms. The summed E-state index contributed by atoms with van der Waals surface area (Å²) in [6, 6.07) is 6.08. The second-order valence-corrected chi connectivity index (χ2v) is 4.99. The summed E-state index contributed by atoms with van der Waals surface area (Å²) in [5, 5.41) is 13.6. The molecule has 5 heteroatoms. The predicted molar refractivity (Wildman–Crippen MR) is 77.0 cm³/mol. The van der Waals surface area contributed by atoms with Gasteiger partial charge in [0.25, 0.3) is 0 Å². The minimum Gasteiger partial charge on any atom is -0.497 e. The fourth-order valence-electron chi connectivity index (χ4n) is 2.10. The number of hydrogen-bond donors (Lipinski definition) is 0. The molecule has 1 aromatic heterocycles. The van der Waals surface area contributed by atoms with E-state index >= 15 is 0 Å². The molecule has 0 aliphatic heterocycles. The van der Waals surface area contributed by atoms with E-state index in [2.05, 4.69) is 27.1 Å². The van der Waals surface area contributed by atoms with Crippen LogP contribution in [-0.2, 0) is 13.5 Å². The second-order valence-electron chi connectivity index (χ2n) is 4.14. The van der Waals surface area contributed by atoms with Crippen LogP contribution in [0, 0.1) is 11.3 Å². The van der Waals surface area contributed by atoms with Crippen LogP contribution in [0.2, 0.25) is 0 Å². The number of nitrogens with zero attached hydrogens (tertiary/aromatic N) is 3. The van der Waals surface area contributed by atoms with Crippen molar-refractivity contribution in [1.29, 1.82) is 5.26 Å². The average molecular weight is 320 g/mol. The largest absolute Gasteiger partial charge is 0.497 e. The lowest BCUT2D eigenvalue weighted by atomic mass is 9.97. The van der Waals surface area contributed by atoms with Gasteiger partial charge in [0.05, 0.1) is 29.0 Å². The molecule has 2 aromatic rings. The van der Waals surface area contributed by atoms with E-state index in [1.807, 2.05) is 26.1 Å². The number of rotatable bonds is 3. The first-order chi connectivity index (χ1) is 9.12. The molecule has 0 N–H and O–H groups in total. The minimum absolute atomic E-state index is 0.674. The Morgan fingerprint density at radius 1 is 1.47 bits per heavy atom. The van der Waals surface area contributed by atoms with Crippen LogP contribution in [0.4, 0.5) is 0 Å². The van der Waals surface area contributed by atoms with E-state index in [-0.39, 0.29) is 0 Å². The van der Waals surface area contributed by atoms with Crippen LogP contribution in [-0.4, -0.2) is 16.9 Å². The van der Waals surface area contributed by atoms with E-state index in [0.29, 0.717) is 5.56 Å². The number of halogens is 1. The van der Waals surface area contributed by atoms with Gasteiger partial charge in [-0.15, -0.1) is 0 Å². The average Bonchev–Trinajstić information content (AvgIpc) is 2.76.